The van der Waals surface area contributed by atoms with Gasteiger partial charge in [-0.1, -0.05) is 56.3 Å². The van der Waals surface area contributed by atoms with E-state index in [0.29, 0.717) is 11.5 Å². The molecule has 3 rings (SSSR count). The molecule has 1 heterocycles. The van der Waals surface area contributed by atoms with Crippen LogP contribution < -0.4 is 0 Å². The van der Waals surface area contributed by atoms with Crippen molar-refractivity contribution < 1.29 is 4.79 Å². The van der Waals surface area contributed by atoms with Crippen molar-refractivity contribution in [1.29, 1.82) is 0 Å². The number of pyridine rings is 1. The molecule has 2 nitrogen and oxygen atoms in total. The average molecular weight is 289 g/mol. The summed E-state index contributed by atoms with van der Waals surface area (Å²) in [6.45, 7) is 4.33. The van der Waals surface area contributed by atoms with Crippen LogP contribution in [0.2, 0.25) is 0 Å². The highest BCUT2D eigenvalue weighted by Crippen LogP contribution is 2.24. The third-order valence-electron chi connectivity index (χ3n) is 3.92. The van der Waals surface area contributed by atoms with Crippen LogP contribution in [0.3, 0.4) is 0 Å². The lowest BCUT2D eigenvalue weighted by molar-refractivity contribution is 0.112. The Hall–Kier alpha value is -2.48. The second kappa shape index (κ2) is 6.10. The first kappa shape index (κ1) is 14.5. The van der Waals surface area contributed by atoms with Crippen LogP contribution >= 0.6 is 0 Å². The molecule has 2 aromatic carbocycles. The number of para-hydroxylation sites is 1. The van der Waals surface area contributed by atoms with E-state index in [9.17, 15) is 4.79 Å². The van der Waals surface area contributed by atoms with E-state index in [1.807, 2.05) is 30.3 Å². The van der Waals surface area contributed by atoms with Gasteiger partial charge in [-0.3, -0.25) is 9.78 Å². The topological polar surface area (TPSA) is 30.0 Å². The number of hydrogen-bond donors (Lipinski definition) is 0. The van der Waals surface area contributed by atoms with Crippen molar-refractivity contribution in [3.8, 4) is 0 Å². The third kappa shape index (κ3) is 2.91. The van der Waals surface area contributed by atoms with Gasteiger partial charge in [-0.2, -0.15) is 0 Å². The van der Waals surface area contributed by atoms with Crippen molar-refractivity contribution in [2.24, 2.45) is 0 Å². The van der Waals surface area contributed by atoms with Crippen LogP contribution in [0.4, 0.5) is 0 Å². The van der Waals surface area contributed by atoms with E-state index in [-0.39, 0.29) is 0 Å². The minimum atomic E-state index is 0.404. The summed E-state index contributed by atoms with van der Waals surface area (Å²) >= 11 is 0. The van der Waals surface area contributed by atoms with Gasteiger partial charge in [0.15, 0.2) is 0 Å². The van der Waals surface area contributed by atoms with Gasteiger partial charge in [-0.05, 0) is 35.6 Å². The molecule has 0 saturated heterocycles. The first-order valence-electron chi connectivity index (χ1n) is 7.60. The molecule has 0 aliphatic rings. The molecule has 2 heteroatoms. The maximum absolute atomic E-state index is 10.8. The molecule has 1 aromatic heterocycles. The number of carbonyl (C=O) groups is 1. The van der Waals surface area contributed by atoms with Crippen LogP contribution in [0.25, 0.3) is 10.9 Å². The summed E-state index contributed by atoms with van der Waals surface area (Å²) in [5.74, 6) is 0.404. The van der Waals surface area contributed by atoms with Crippen LogP contribution in [-0.2, 0) is 6.42 Å². The SMILES string of the molecule is CC(C)c1cc(Cc2ccc(C=O)cc2)c2ccccc2n1. The summed E-state index contributed by atoms with van der Waals surface area (Å²) in [6.07, 6.45) is 1.73. The van der Waals surface area contributed by atoms with E-state index in [4.69, 9.17) is 4.98 Å². The molecule has 22 heavy (non-hydrogen) atoms. The van der Waals surface area contributed by atoms with Crippen molar-refractivity contribution in [2.45, 2.75) is 26.2 Å². The number of hydrogen-bond acceptors (Lipinski definition) is 2. The van der Waals surface area contributed by atoms with E-state index in [2.05, 4.69) is 38.1 Å². The Morgan fingerprint density at radius 1 is 1.05 bits per heavy atom. The fourth-order valence-electron chi connectivity index (χ4n) is 2.65. The van der Waals surface area contributed by atoms with Crippen LogP contribution in [-0.4, -0.2) is 11.3 Å². The van der Waals surface area contributed by atoms with Gasteiger partial charge in [-0.15, -0.1) is 0 Å². The minimum absolute atomic E-state index is 0.404. The van der Waals surface area contributed by atoms with Gasteiger partial charge in [-0.25, -0.2) is 0 Å². The largest absolute Gasteiger partial charge is 0.298 e. The molecule has 0 bridgehead atoms. The Balaban J connectivity index is 2.05. The molecule has 0 unspecified atom stereocenters. The predicted molar refractivity (Wildman–Crippen MR) is 90.5 cm³/mol. The highest BCUT2D eigenvalue weighted by molar-refractivity contribution is 5.83. The molecule has 0 spiro atoms. The summed E-state index contributed by atoms with van der Waals surface area (Å²) in [6, 6.07) is 18.3. The Labute approximate surface area is 130 Å². The smallest absolute Gasteiger partial charge is 0.150 e. The van der Waals surface area contributed by atoms with Crippen LogP contribution in [0.15, 0.2) is 54.6 Å². The highest BCUT2D eigenvalue weighted by atomic mass is 16.1. The van der Waals surface area contributed by atoms with E-state index in [1.54, 1.807) is 0 Å². The lowest BCUT2D eigenvalue weighted by Gasteiger charge is -2.12. The van der Waals surface area contributed by atoms with Gasteiger partial charge in [0.2, 0.25) is 0 Å². The fourth-order valence-corrected chi connectivity index (χ4v) is 2.65. The summed E-state index contributed by atoms with van der Waals surface area (Å²) in [5.41, 5.74) is 5.38. The minimum Gasteiger partial charge on any atom is -0.298 e. The average Bonchev–Trinajstić information content (AvgIpc) is 2.55. The van der Waals surface area contributed by atoms with Gasteiger partial charge in [0.1, 0.15) is 6.29 Å². The van der Waals surface area contributed by atoms with Gasteiger partial charge in [0.25, 0.3) is 0 Å². The lowest BCUT2D eigenvalue weighted by Crippen LogP contribution is -1.98. The zero-order valence-electron chi connectivity index (χ0n) is 12.9. The lowest BCUT2D eigenvalue weighted by atomic mass is 9.97. The van der Waals surface area contributed by atoms with Crippen molar-refractivity contribution >= 4 is 17.2 Å². The van der Waals surface area contributed by atoms with Crippen LogP contribution in [0, 0.1) is 0 Å². The quantitative estimate of drug-likeness (QED) is 0.648. The molecule has 110 valence electrons. The van der Waals surface area contributed by atoms with Crippen LogP contribution in [0.5, 0.6) is 0 Å². The Kier molecular flexibility index (Phi) is 4.01. The number of carbonyl (C=O) groups excluding carboxylic acids is 1. The number of aromatic nitrogens is 1. The van der Waals surface area contributed by atoms with Crippen molar-refractivity contribution in [3.63, 3.8) is 0 Å². The Morgan fingerprint density at radius 3 is 2.45 bits per heavy atom. The van der Waals surface area contributed by atoms with Crippen LogP contribution in [0.1, 0.15) is 46.9 Å². The van der Waals surface area contributed by atoms with Crippen molar-refractivity contribution in [1.82, 2.24) is 4.98 Å². The molecule has 0 saturated carbocycles. The number of nitrogens with zero attached hydrogens (tertiary/aromatic N) is 1. The van der Waals surface area contributed by atoms with E-state index < -0.39 is 0 Å². The summed E-state index contributed by atoms with van der Waals surface area (Å²) in [4.78, 5) is 15.5. The molecule has 3 aromatic rings. The van der Waals surface area contributed by atoms with Crippen molar-refractivity contribution in [3.05, 3.63) is 77.0 Å². The number of aldehydes is 1. The molecule has 0 aliphatic carbocycles. The maximum Gasteiger partial charge on any atom is 0.150 e. The van der Waals surface area contributed by atoms with Gasteiger partial charge in [0.05, 0.1) is 5.52 Å². The normalized spacial score (nSPS) is 11.0. The summed E-state index contributed by atoms with van der Waals surface area (Å²) in [7, 11) is 0. The van der Waals surface area contributed by atoms with Gasteiger partial charge in [0, 0.05) is 16.6 Å². The first-order valence-corrected chi connectivity index (χ1v) is 7.60. The fraction of sp³-hybridized carbons (Fsp3) is 0.200. The number of benzene rings is 2. The molecule has 0 amide bonds. The first-order chi connectivity index (χ1) is 10.7. The standard InChI is InChI=1S/C20H19NO/c1-14(2)20-12-17(18-5-3-4-6-19(18)21-20)11-15-7-9-16(13-22)10-8-15/h3-10,12-14H,11H2,1-2H3. The second-order valence-corrected chi connectivity index (χ2v) is 5.91. The molecular formula is C20H19NO. The van der Waals surface area contributed by atoms with Crippen molar-refractivity contribution in [2.75, 3.05) is 0 Å². The molecule has 0 N–H and O–H groups in total. The van der Waals surface area contributed by atoms with E-state index in [1.165, 1.54) is 16.5 Å². The molecule has 0 atom stereocenters. The predicted octanol–water partition coefficient (Wildman–Crippen LogP) is 4.76. The third-order valence-corrected chi connectivity index (χ3v) is 3.92. The van der Waals surface area contributed by atoms with Gasteiger partial charge < -0.3 is 0 Å². The Morgan fingerprint density at radius 2 is 1.77 bits per heavy atom. The molecule has 0 radical (unpaired) electrons. The molecule has 0 aliphatic heterocycles. The highest BCUT2D eigenvalue weighted by Gasteiger charge is 2.09. The molecule has 0 fully saturated rings. The molecular weight excluding hydrogens is 270 g/mol. The maximum atomic E-state index is 10.8. The monoisotopic (exact) mass is 289 g/mol. The van der Waals surface area contributed by atoms with E-state index in [0.717, 1.165) is 23.9 Å². The zero-order valence-corrected chi connectivity index (χ0v) is 12.9. The summed E-state index contributed by atoms with van der Waals surface area (Å²) < 4.78 is 0. The summed E-state index contributed by atoms with van der Waals surface area (Å²) in [5, 5.41) is 1.20. The Bertz CT molecular complexity index is 804. The zero-order chi connectivity index (χ0) is 15.5. The van der Waals surface area contributed by atoms with E-state index >= 15 is 0 Å². The van der Waals surface area contributed by atoms with Gasteiger partial charge >= 0.3 is 0 Å². The number of rotatable bonds is 4. The second-order valence-electron chi connectivity index (χ2n) is 5.91. The number of fused-ring (bicyclic) bond motifs is 1.